The van der Waals surface area contributed by atoms with Crippen LogP contribution >= 0.6 is 34.5 Å². The fraction of sp³-hybridized carbons (Fsp3) is 0. The number of nitrogens with one attached hydrogen (secondary N) is 1. The molecule has 3 aromatic heterocycles. The number of aromatic nitrogens is 3. The van der Waals surface area contributed by atoms with Gasteiger partial charge in [0.15, 0.2) is 0 Å². The maximum Gasteiger partial charge on any atom is 0.333 e. The second-order valence-electron chi connectivity index (χ2n) is 6.55. The lowest BCUT2D eigenvalue weighted by atomic mass is 10.1. The van der Waals surface area contributed by atoms with Crippen molar-refractivity contribution in [3.8, 4) is 16.1 Å². The van der Waals surface area contributed by atoms with E-state index in [-0.39, 0.29) is 10.7 Å². The van der Waals surface area contributed by atoms with E-state index < -0.39 is 17.1 Å². The molecular weight excluding hydrogens is 448 g/mol. The molecule has 0 saturated carbocycles. The van der Waals surface area contributed by atoms with E-state index in [0.717, 1.165) is 15.0 Å². The minimum Gasteiger partial charge on any atom is -0.306 e. The summed E-state index contributed by atoms with van der Waals surface area (Å²) in [5.41, 5.74) is 0.158. The Morgan fingerprint density at radius 1 is 1.03 bits per heavy atom. The molecule has 0 saturated heterocycles. The molecule has 0 aliphatic rings. The van der Waals surface area contributed by atoms with Crippen molar-refractivity contribution in [2.45, 2.75) is 0 Å². The molecule has 5 rings (SSSR count). The van der Waals surface area contributed by atoms with Crippen molar-refractivity contribution in [2.75, 3.05) is 0 Å². The quantitative estimate of drug-likeness (QED) is 0.385. The number of aromatic amines is 1. The lowest BCUT2D eigenvalue weighted by Crippen LogP contribution is -2.33. The van der Waals surface area contributed by atoms with Gasteiger partial charge in [0.25, 0.3) is 5.56 Å². The largest absolute Gasteiger partial charge is 0.333 e. The minimum atomic E-state index is -0.653. The van der Waals surface area contributed by atoms with Crippen molar-refractivity contribution < 1.29 is 4.39 Å². The monoisotopic (exact) mass is 457 g/mol. The molecule has 3 heterocycles. The molecular formula is C21H10Cl2FN3O2S. The van der Waals surface area contributed by atoms with Gasteiger partial charge < -0.3 is 4.98 Å². The number of thiophene rings is 1. The molecule has 0 bridgehead atoms. The van der Waals surface area contributed by atoms with E-state index in [1.807, 2.05) is 18.2 Å². The van der Waals surface area contributed by atoms with Gasteiger partial charge in [-0.3, -0.25) is 9.78 Å². The molecule has 0 aliphatic heterocycles. The molecule has 0 spiro atoms. The van der Waals surface area contributed by atoms with Crippen LogP contribution in [0.25, 0.3) is 37.1 Å². The topological polar surface area (TPSA) is 67.8 Å². The van der Waals surface area contributed by atoms with Crippen LogP contribution in [-0.2, 0) is 0 Å². The zero-order valence-corrected chi connectivity index (χ0v) is 17.3. The van der Waals surface area contributed by atoms with Gasteiger partial charge in [-0.25, -0.2) is 13.8 Å². The van der Waals surface area contributed by atoms with Crippen LogP contribution < -0.4 is 11.2 Å². The average molecular weight is 458 g/mol. The van der Waals surface area contributed by atoms with E-state index in [1.165, 1.54) is 35.9 Å². The van der Waals surface area contributed by atoms with Crippen LogP contribution in [0.1, 0.15) is 0 Å². The van der Waals surface area contributed by atoms with Gasteiger partial charge in [-0.1, -0.05) is 41.4 Å². The van der Waals surface area contributed by atoms with Crippen LogP contribution in [0.15, 0.2) is 64.4 Å². The lowest BCUT2D eigenvalue weighted by molar-refractivity contribution is 0.630. The first-order valence-corrected chi connectivity index (χ1v) is 10.3. The zero-order valence-electron chi connectivity index (χ0n) is 14.9. The van der Waals surface area contributed by atoms with Gasteiger partial charge in [0.05, 0.1) is 22.4 Å². The summed E-state index contributed by atoms with van der Waals surface area (Å²) >= 11 is 13.3. The molecule has 5 nitrogen and oxygen atoms in total. The SMILES string of the molecule is O=c1[nH]c2cc(-c3ccccc3Cl)sc2c(=O)n1-c1cncc2cc(Cl)c(F)cc12. The Kier molecular flexibility index (Phi) is 4.47. The number of hydrogen-bond acceptors (Lipinski definition) is 4. The normalized spacial score (nSPS) is 11.4. The lowest BCUT2D eigenvalue weighted by Gasteiger charge is -2.09. The van der Waals surface area contributed by atoms with Crippen molar-refractivity contribution in [2.24, 2.45) is 0 Å². The number of rotatable bonds is 2. The summed E-state index contributed by atoms with van der Waals surface area (Å²) < 4.78 is 15.4. The molecule has 1 N–H and O–H groups in total. The highest BCUT2D eigenvalue weighted by Crippen LogP contribution is 2.35. The molecule has 148 valence electrons. The number of H-pyrrole nitrogens is 1. The summed E-state index contributed by atoms with van der Waals surface area (Å²) in [5.74, 6) is -0.653. The predicted molar refractivity (Wildman–Crippen MR) is 119 cm³/mol. The molecule has 0 radical (unpaired) electrons. The first-order chi connectivity index (χ1) is 14.4. The molecule has 9 heteroatoms. The third-order valence-electron chi connectivity index (χ3n) is 4.73. The predicted octanol–water partition coefficient (Wildman–Crippen LogP) is 5.40. The Hall–Kier alpha value is -3.00. The Morgan fingerprint density at radius 3 is 2.63 bits per heavy atom. The minimum absolute atomic E-state index is 0.0687. The van der Waals surface area contributed by atoms with Gasteiger partial charge in [-0.2, -0.15) is 0 Å². The highest BCUT2D eigenvalue weighted by atomic mass is 35.5. The molecule has 5 aromatic rings. The molecule has 0 aliphatic carbocycles. The van der Waals surface area contributed by atoms with Crippen LogP contribution in [0.3, 0.4) is 0 Å². The molecule has 0 fully saturated rings. The summed E-state index contributed by atoms with van der Waals surface area (Å²) in [4.78, 5) is 33.6. The fourth-order valence-electron chi connectivity index (χ4n) is 3.35. The first-order valence-electron chi connectivity index (χ1n) is 8.71. The van der Waals surface area contributed by atoms with Gasteiger partial charge in [0.1, 0.15) is 10.5 Å². The summed E-state index contributed by atoms with van der Waals surface area (Å²) in [5, 5.41) is 1.33. The van der Waals surface area contributed by atoms with Crippen LogP contribution in [0.4, 0.5) is 4.39 Å². The van der Waals surface area contributed by atoms with E-state index >= 15 is 0 Å². The summed E-state index contributed by atoms with van der Waals surface area (Å²) in [7, 11) is 0. The Labute approximate surface area is 182 Å². The average Bonchev–Trinajstić information content (AvgIpc) is 3.13. The van der Waals surface area contributed by atoms with Crippen LogP contribution in [0.5, 0.6) is 0 Å². The van der Waals surface area contributed by atoms with Crippen molar-refractivity contribution in [1.29, 1.82) is 0 Å². The van der Waals surface area contributed by atoms with Crippen molar-refractivity contribution >= 4 is 55.5 Å². The van der Waals surface area contributed by atoms with Gasteiger partial charge in [0, 0.05) is 32.4 Å². The first kappa shape index (κ1) is 19.0. The van der Waals surface area contributed by atoms with E-state index in [1.54, 1.807) is 12.1 Å². The summed E-state index contributed by atoms with van der Waals surface area (Å²) in [6.45, 7) is 0. The van der Waals surface area contributed by atoms with E-state index in [2.05, 4.69) is 9.97 Å². The number of pyridine rings is 1. The van der Waals surface area contributed by atoms with Gasteiger partial charge in [-0.05, 0) is 24.3 Å². The van der Waals surface area contributed by atoms with E-state index in [9.17, 15) is 14.0 Å². The Balaban J connectivity index is 1.81. The smallest absolute Gasteiger partial charge is 0.306 e. The highest BCUT2D eigenvalue weighted by molar-refractivity contribution is 7.22. The number of hydrogen-bond donors (Lipinski definition) is 1. The number of fused-ring (bicyclic) bond motifs is 2. The van der Waals surface area contributed by atoms with E-state index in [4.69, 9.17) is 23.2 Å². The third-order valence-corrected chi connectivity index (χ3v) is 6.51. The maximum atomic E-state index is 14.1. The number of halogens is 3. The zero-order chi connectivity index (χ0) is 21.0. The van der Waals surface area contributed by atoms with Crippen molar-refractivity contribution in [3.05, 3.63) is 91.6 Å². The molecule has 0 atom stereocenters. The van der Waals surface area contributed by atoms with Crippen LogP contribution in [-0.4, -0.2) is 14.5 Å². The van der Waals surface area contributed by atoms with E-state index in [0.29, 0.717) is 26.0 Å². The van der Waals surface area contributed by atoms with Gasteiger partial charge >= 0.3 is 5.69 Å². The Morgan fingerprint density at radius 2 is 1.83 bits per heavy atom. The van der Waals surface area contributed by atoms with Gasteiger partial charge in [-0.15, -0.1) is 11.3 Å². The second-order valence-corrected chi connectivity index (χ2v) is 8.42. The molecule has 30 heavy (non-hydrogen) atoms. The highest BCUT2D eigenvalue weighted by Gasteiger charge is 2.17. The third kappa shape index (κ3) is 2.94. The van der Waals surface area contributed by atoms with Crippen molar-refractivity contribution in [1.82, 2.24) is 14.5 Å². The maximum absolute atomic E-state index is 14.1. The molecule has 0 unspecified atom stereocenters. The van der Waals surface area contributed by atoms with Gasteiger partial charge in [0.2, 0.25) is 0 Å². The number of nitrogens with zero attached hydrogens (tertiary/aromatic N) is 2. The molecule has 0 amide bonds. The van der Waals surface area contributed by atoms with Crippen LogP contribution in [0, 0.1) is 5.82 Å². The molecule has 2 aromatic carbocycles. The fourth-order valence-corrected chi connectivity index (χ4v) is 4.90. The standard InChI is InChI=1S/C21H10Cl2FN3O2S/c22-13-4-2-1-3-11(13)18-7-16-19(30-18)20(28)27(21(29)26-16)17-9-25-8-10-5-14(23)15(24)6-12(10)17/h1-9H,(H,26,29). The number of benzene rings is 2. The van der Waals surface area contributed by atoms with Crippen LogP contribution in [0.2, 0.25) is 10.0 Å². The summed E-state index contributed by atoms with van der Waals surface area (Å²) in [6.07, 6.45) is 2.84. The Bertz CT molecular complexity index is 1590. The second kappa shape index (κ2) is 7.05. The summed E-state index contributed by atoms with van der Waals surface area (Å²) in [6, 6.07) is 11.6. The van der Waals surface area contributed by atoms with Crippen molar-refractivity contribution in [3.63, 3.8) is 0 Å².